The normalized spacial score (nSPS) is 10.7. The van der Waals surface area contributed by atoms with E-state index in [9.17, 15) is 4.79 Å². The third-order valence-electron chi connectivity index (χ3n) is 3.04. The van der Waals surface area contributed by atoms with Gasteiger partial charge < -0.3 is 9.47 Å². The number of nitrogens with zero attached hydrogens (tertiary/aromatic N) is 5. The lowest BCUT2D eigenvalue weighted by Crippen LogP contribution is -2.26. The summed E-state index contributed by atoms with van der Waals surface area (Å²) < 4.78 is 3.53. The van der Waals surface area contributed by atoms with Gasteiger partial charge in [-0.2, -0.15) is 5.10 Å². The Hall–Kier alpha value is -2.11. The van der Waals surface area contributed by atoms with Crippen molar-refractivity contribution in [1.82, 2.24) is 19.3 Å². The Morgan fingerprint density at radius 3 is 2.74 bits per heavy atom. The van der Waals surface area contributed by atoms with Gasteiger partial charge in [-0.05, 0) is 0 Å². The number of imidazole rings is 1. The van der Waals surface area contributed by atoms with E-state index in [1.807, 2.05) is 29.8 Å². The first kappa shape index (κ1) is 13.3. The highest BCUT2D eigenvalue weighted by atomic mass is 16.1. The van der Waals surface area contributed by atoms with Crippen LogP contribution in [0.25, 0.3) is 0 Å². The van der Waals surface area contributed by atoms with E-state index in [1.165, 1.54) is 4.68 Å². The minimum absolute atomic E-state index is 0.0793. The molecule has 2 aromatic rings. The second-order valence-electron chi connectivity index (χ2n) is 4.56. The molecule has 0 amide bonds. The predicted octanol–water partition coefficient (Wildman–Crippen LogP) is 0.768. The largest absolute Gasteiger partial charge is 0.376 e. The van der Waals surface area contributed by atoms with Crippen molar-refractivity contribution in [3.05, 3.63) is 40.8 Å². The summed E-state index contributed by atoms with van der Waals surface area (Å²) in [6.07, 6.45) is 6.30. The van der Waals surface area contributed by atoms with Gasteiger partial charge in [-0.25, -0.2) is 9.67 Å². The van der Waals surface area contributed by atoms with Gasteiger partial charge in [-0.3, -0.25) is 4.79 Å². The zero-order valence-electron chi connectivity index (χ0n) is 11.6. The van der Waals surface area contributed by atoms with Crippen LogP contribution in [0.1, 0.15) is 12.7 Å². The number of anilines is 1. The summed E-state index contributed by atoms with van der Waals surface area (Å²) in [6, 6.07) is 1.60. The summed E-state index contributed by atoms with van der Waals surface area (Å²) in [6.45, 7) is 3.32. The maximum atomic E-state index is 11.9. The molecule has 0 bridgehead atoms. The van der Waals surface area contributed by atoms with Crippen molar-refractivity contribution >= 4 is 5.69 Å². The van der Waals surface area contributed by atoms with Crippen LogP contribution in [-0.4, -0.2) is 33.4 Å². The molecule has 2 heterocycles. The van der Waals surface area contributed by atoms with Crippen LogP contribution in [-0.2, 0) is 19.5 Å². The van der Waals surface area contributed by atoms with Crippen LogP contribution in [0.4, 0.5) is 5.69 Å². The molecule has 0 fully saturated rings. The van der Waals surface area contributed by atoms with E-state index >= 15 is 0 Å². The van der Waals surface area contributed by atoms with Gasteiger partial charge in [0.15, 0.2) is 0 Å². The first-order valence-electron chi connectivity index (χ1n) is 6.36. The van der Waals surface area contributed by atoms with Crippen molar-refractivity contribution in [2.24, 2.45) is 0 Å². The summed E-state index contributed by atoms with van der Waals surface area (Å²) in [5.74, 6) is 1.03. The van der Waals surface area contributed by atoms with E-state index in [4.69, 9.17) is 0 Å². The van der Waals surface area contributed by atoms with Crippen molar-refractivity contribution in [2.75, 3.05) is 19.0 Å². The molecule has 0 aliphatic heterocycles. The highest BCUT2D eigenvalue weighted by Gasteiger charge is 2.04. The summed E-state index contributed by atoms with van der Waals surface area (Å²) >= 11 is 0. The smallest absolute Gasteiger partial charge is 0.268 e. The quantitative estimate of drug-likeness (QED) is 0.797. The molecule has 0 aliphatic carbocycles. The fourth-order valence-corrected chi connectivity index (χ4v) is 1.90. The van der Waals surface area contributed by atoms with Crippen LogP contribution in [0.15, 0.2) is 29.5 Å². The van der Waals surface area contributed by atoms with E-state index in [0.717, 1.165) is 17.9 Å². The van der Waals surface area contributed by atoms with E-state index in [0.29, 0.717) is 13.1 Å². The molecule has 0 unspecified atom stereocenters. The maximum absolute atomic E-state index is 11.9. The highest BCUT2D eigenvalue weighted by Crippen LogP contribution is 2.04. The van der Waals surface area contributed by atoms with Crippen LogP contribution < -0.4 is 10.5 Å². The fourth-order valence-electron chi connectivity index (χ4n) is 1.90. The summed E-state index contributed by atoms with van der Waals surface area (Å²) in [7, 11) is 3.78. The lowest BCUT2D eigenvalue weighted by molar-refractivity contribution is 0.501. The molecule has 0 aromatic carbocycles. The van der Waals surface area contributed by atoms with E-state index < -0.39 is 0 Å². The molecule has 2 rings (SSSR count). The number of aromatic nitrogens is 4. The lowest BCUT2D eigenvalue weighted by Gasteiger charge is -2.12. The average molecular weight is 261 g/mol. The molecule has 0 atom stereocenters. The van der Waals surface area contributed by atoms with Crippen molar-refractivity contribution in [3.63, 3.8) is 0 Å². The van der Waals surface area contributed by atoms with E-state index in [1.54, 1.807) is 18.5 Å². The molecule has 2 aromatic heterocycles. The molecule has 6 nitrogen and oxygen atoms in total. The Morgan fingerprint density at radius 1 is 1.32 bits per heavy atom. The van der Waals surface area contributed by atoms with Gasteiger partial charge in [0.25, 0.3) is 5.56 Å². The zero-order chi connectivity index (χ0) is 13.8. The van der Waals surface area contributed by atoms with Crippen molar-refractivity contribution < 1.29 is 0 Å². The van der Waals surface area contributed by atoms with Crippen LogP contribution in [0, 0.1) is 0 Å². The molecule has 0 aliphatic rings. The number of hydrogen-bond acceptors (Lipinski definition) is 4. The van der Waals surface area contributed by atoms with Crippen molar-refractivity contribution in [2.45, 2.75) is 26.4 Å². The second kappa shape index (κ2) is 5.69. The number of hydrogen-bond donors (Lipinski definition) is 0. The van der Waals surface area contributed by atoms with Gasteiger partial charge in [0.05, 0.1) is 18.4 Å². The minimum atomic E-state index is -0.0793. The Kier molecular flexibility index (Phi) is 3.99. The van der Waals surface area contributed by atoms with Crippen LogP contribution in [0.2, 0.25) is 0 Å². The molecular weight excluding hydrogens is 242 g/mol. The van der Waals surface area contributed by atoms with Gasteiger partial charge in [0.1, 0.15) is 5.82 Å². The molecule has 0 N–H and O–H groups in total. The number of aryl methyl sites for hydroxylation is 3. The van der Waals surface area contributed by atoms with Gasteiger partial charge >= 0.3 is 0 Å². The zero-order valence-corrected chi connectivity index (χ0v) is 11.6. The first-order valence-corrected chi connectivity index (χ1v) is 6.36. The van der Waals surface area contributed by atoms with Gasteiger partial charge in [0.2, 0.25) is 0 Å². The lowest BCUT2D eigenvalue weighted by atomic mass is 10.4. The van der Waals surface area contributed by atoms with E-state index in [-0.39, 0.29) is 5.56 Å². The summed E-state index contributed by atoms with van der Waals surface area (Å²) in [5, 5.41) is 4.18. The van der Waals surface area contributed by atoms with Gasteiger partial charge in [-0.1, -0.05) is 6.92 Å². The van der Waals surface area contributed by atoms with Gasteiger partial charge in [0, 0.05) is 45.5 Å². The molecule has 0 radical (unpaired) electrons. The van der Waals surface area contributed by atoms with Crippen molar-refractivity contribution in [1.29, 1.82) is 0 Å². The topological polar surface area (TPSA) is 56.0 Å². The second-order valence-corrected chi connectivity index (χ2v) is 4.56. The van der Waals surface area contributed by atoms with Crippen LogP contribution >= 0.6 is 0 Å². The molecular formula is C13H19N5O. The number of rotatable bonds is 5. The summed E-state index contributed by atoms with van der Waals surface area (Å²) in [5.41, 5.74) is 0.738. The molecule has 0 spiro atoms. The highest BCUT2D eigenvalue weighted by molar-refractivity contribution is 5.40. The summed E-state index contributed by atoms with van der Waals surface area (Å²) in [4.78, 5) is 18.0. The van der Waals surface area contributed by atoms with Crippen LogP contribution in [0.5, 0.6) is 0 Å². The molecule has 0 saturated heterocycles. The Bertz CT molecular complexity index is 599. The SMILES string of the molecule is CCc1nccn1CCn1ncc(N(C)C)cc1=O. The monoisotopic (exact) mass is 261 g/mol. The molecule has 0 saturated carbocycles. The Morgan fingerprint density at radius 2 is 2.11 bits per heavy atom. The fraction of sp³-hybridized carbons (Fsp3) is 0.462. The third kappa shape index (κ3) is 3.01. The van der Waals surface area contributed by atoms with Gasteiger partial charge in [-0.15, -0.1) is 0 Å². The minimum Gasteiger partial charge on any atom is -0.376 e. The Labute approximate surface area is 112 Å². The molecule has 19 heavy (non-hydrogen) atoms. The molecule has 6 heteroatoms. The standard InChI is InChI=1S/C13H19N5O/c1-4-12-14-5-6-17(12)7-8-18-13(19)9-11(10-15-18)16(2)3/h5-6,9-10H,4,7-8H2,1-3H3. The Balaban J connectivity index is 2.10. The van der Waals surface area contributed by atoms with E-state index in [2.05, 4.69) is 17.0 Å². The van der Waals surface area contributed by atoms with Crippen LogP contribution in [0.3, 0.4) is 0 Å². The third-order valence-corrected chi connectivity index (χ3v) is 3.04. The maximum Gasteiger partial charge on any atom is 0.268 e. The average Bonchev–Trinajstić information content (AvgIpc) is 2.84. The first-order chi connectivity index (χ1) is 9.11. The van der Waals surface area contributed by atoms with Crippen molar-refractivity contribution in [3.8, 4) is 0 Å². The molecule has 102 valence electrons. The predicted molar refractivity (Wildman–Crippen MR) is 74.4 cm³/mol.